The largest absolute Gasteiger partial charge is 0.497 e. The lowest BCUT2D eigenvalue weighted by atomic mass is 9.98. The number of ether oxygens (including phenoxy) is 2. The van der Waals surface area contributed by atoms with E-state index in [4.69, 9.17) is 9.47 Å². The fourth-order valence-electron chi connectivity index (χ4n) is 3.14. The van der Waals surface area contributed by atoms with Crippen LogP contribution in [-0.4, -0.2) is 43.8 Å². The van der Waals surface area contributed by atoms with Crippen molar-refractivity contribution in [2.75, 3.05) is 20.2 Å². The molecule has 30 heavy (non-hydrogen) atoms. The van der Waals surface area contributed by atoms with E-state index in [1.807, 2.05) is 0 Å². The number of hydrogen-bond donors (Lipinski definition) is 0. The molecule has 9 nitrogen and oxygen atoms in total. The molecule has 0 spiro atoms. The molecule has 1 fully saturated rings. The molecule has 0 aromatic heterocycles. The highest BCUT2D eigenvalue weighted by atomic mass is 32.2. The Bertz CT molecular complexity index is 1050. The molecule has 1 aliphatic rings. The molecule has 3 rings (SSSR count). The molecule has 1 saturated heterocycles. The first-order valence-corrected chi connectivity index (χ1v) is 10.5. The van der Waals surface area contributed by atoms with Gasteiger partial charge in [-0.15, -0.1) is 0 Å². The van der Waals surface area contributed by atoms with Crippen LogP contribution in [0.25, 0.3) is 0 Å². The molecular formula is C19H19FN2O7S. The van der Waals surface area contributed by atoms with Crippen molar-refractivity contribution < 1.29 is 32.0 Å². The normalized spacial score (nSPS) is 15.5. The van der Waals surface area contributed by atoms with Gasteiger partial charge in [0.25, 0.3) is 0 Å². The first kappa shape index (κ1) is 21.7. The van der Waals surface area contributed by atoms with E-state index in [-0.39, 0.29) is 30.8 Å². The van der Waals surface area contributed by atoms with Crippen LogP contribution in [0.5, 0.6) is 11.5 Å². The van der Waals surface area contributed by atoms with Crippen LogP contribution in [0.4, 0.5) is 10.1 Å². The summed E-state index contributed by atoms with van der Waals surface area (Å²) in [5, 5.41) is 11.0. The van der Waals surface area contributed by atoms with Crippen molar-refractivity contribution in [1.29, 1.82) is 0 Å². The van der Waals surface area contributed by atoms with Gasteiger partial charge in [0.05, 0.1) is 22.8 Å². The van der Waals surface area contributed by atoms with Crippen molar-refractivity contribution >= 4 is 21.7 Å². The number of hydrogen-bond acceptors (Lipinski definition) is 7. The lowest BCUT2D eigenvalue weighted by molar-refractivity contribution is -0.385. The zero-order valence-electron chi connectivity index (χ0n) is 16.0. The number of nitro benzene ring substituents is 1. The van der Waals surface area contributed by atoms with E-state index in [0.717, 1.165) is 18.2 Å². The van der Waals surface area contributed by atoms with Crippen LogP contribution < -0.4 is 9.47 Å². The molecule has 1 heterocycles. The molecule has 1 aliphatic heterocycles. The number of piperidine rings is 1. The first-order chi connectivity index (χ1) is 14.2. The highest BCUT2D eigenvalue weighted by Gasteiger charge is 2.33. The van der Waals surface area contributed by atoms with Crippen LogP contribution in [-0.2, 0) is 14.8 Å². The summed E-state index contributed by atoms with van der Waals surface area (Å²) in [7, 11) is -2.25. The predicted octanol–water partition coefficient (Wildman–Crippen LogP) is 2.75. The van der Waals surface area contributed by atoms with Gasteiger partial charge in [0, 0.05) is 25.2 Å². The molecule has 0 amide bonds. The quantitative estimate of drug-likeness (QED) is 0.295. The van der Waals surface area contributed by atoms with E-state index in [9.17, 15) is 27.7 Å². The van der Waals surface area contributed by atoms with Gasteiger partial charge in [0.1, 0.15) is 11.6 Å². The highest BCUT2D eigenvalue weighted by Crippen LogP contribution is 2.30. The van der Waals surface area contributed by atoms with Gasteiger partial charge in [-0.1, -0.05) is 0 Å². The van der Waals surface area contributed by atoms with Crippen LogP contribution in [0, 0.1) is 21.8 Å². The third-order valence-corrected chi connectivity index (χ3v) is 6.73. The summed E-state index contributed by atoms with van der Waals surface area (Å²) >= 11 is 0. The molecule has 2 aromatic carbocycles. The van der Waals surface area contributed by atoms with Crippen LogP contribution in [0.1, 0.15) is 12.8 Å². The van der Waals surface area contributed by atoms with E-state index in [1.165, 1.54) is 23.5 Å². The number of carbonyl (C=O) groups is 1. The number of esters is 1. The Hall–Kier alpha value is -3.05. The minimum absolute atomic E-state index is 0.0827. The first-order valence-electron chi connectivity index (χ1n) is 9.02. The zero-order valence-corrected chi connectivity index (χ0v) is 16.8. The SMILES string of the molecule is COc1ccc(S(=O)(=O)N2CCC(C(=O)Oc3cc(F)ccc3[N+](=O)[O-])CC2)cc1. The van der Waals surface area contributed by atoms with E-state index in [0.29, 0.717) is 5.75 Å². The zero-order chi connectivity index (χ0) is 21.9. The smallest absolute Gasteiger partial charge is 0.314 e. The molecule has 0 saturated carbocycles. The number of sulfonamides is 1. The molecule has 160 valence electrons. The lowest BCUT2D eigenvalue weighted by Crippen LogP contribution is -2.41. The number of nitrogens with zero attached hydrogens (tertiary/aromatic N) is 2. The Labute approximate surface area is 172 Å². The van der Waals surface area contributed by atoms with E-state index in [1.54, 1.807) is 12.1 Å². The van der Waals surface area contributed by atoms with Crippen molar-refractivity contribution in [3.05, 3.63) is 58.4 Å². The molecule has 0 atom stereocenters. The van der Waals surface area contributed by atoms with Gasteiger partial charge in [-0.25, -0.2) is 12.8 Å². The third kappa shape index (κ3) is 4.57. The number of carbonyl (C=O) groups excluding carboxylic acids is 1. The van der Waals surface area contributed by atoms with Crippen molar-refractivity contribution in [2.45, 2.75) is 17.7 Å². The summed E-state index contributed by atoms with van der Waals surface area (Å²) in [5.41, 5.74) is -0.524. The monoisotopic (exact) mass is 438 g/mol. The summed E-state index contributed by atoms with van der Waals surface area (Å²) in [6, 6.07) is 8.57. The van der Waals surface area contributed by atoms with Gasteiger partial charge in [0.2, 0.25) is 15.8 Å². The van der Waals surface area contributed by atoms with Crippen molar-refractivity contribution in [3.8, 4) is 11.5 Å². The molecule has 0 radical (unpaired) electrons. The number of rotatable bonds is 6. The second-order valence-electron chi connectivity index (χ2n) is 6.64. The molecule has 11 heteroatoms. The molecule has 0 N–H and O–H groups in total. The Morgan fingerprint density at radius 2 is 1.80 bits per heavy atom. The van der Waals surface area contributed by atoms with Crippen LogP contribution in [0.3, 0.4) is 0 Å². The maximum atomic E-state index is 13.4. The maximum Gasteiger partial charge on any atom is 0.314 e. The molecule has 0 aliphatic carbocycles. The fraction of sp³-hybridized carbons (Fsp3) is 0.316. The molecule has 2 aromatic rings. The second kappa shape index (κ2) is 8.76. The number of benzene rings is 2. The van der Waals surface area contributed by atoms with E-state index < -0.39 is 44.1 Å². The summed E-state index contributed by atoms with van der Waals surface area (Å²) in [6.07, 6.45) is 0.356. The van der Waals surface area contributed by atoms with Crippen molar-refractivity contribution in [2.24, 2.45) is 5.92 Å². The third-order valence-electron chi connectivity index (χ3n) is 4.81. The predicted molar refractivity (Wildman–Crippen MR) is 103 cm³/mol. The summed E-state index contributed by atoms with van der Waals surface area (Å²) in [4.78, 5) is 22.8. The Balaban J connectivity index is 1.66. The van der Waals surface area contributed by atoms with Gasteiger partial charge >= 0.3 is 11.7 Å². The minimum Gasteiger partial charge on any atom is -0.497 e. The topological polar surface area (TPSA) is 116 Å². The van der Waals surface area contributed by atoms with Crippen LogP contribution in [0.2, 0.25) is 0 Å². The number of methoxy groups -OCH3 is 1. The van der Waals surface area contributed by atoms with Crippen LogP contribution >= 0.6 is 0 Å². The number of nitro groups is 1. The average molecular weight is 438 g/mol. The summed E-state index contributed by atoms with van der Waals surface area (Å²) in [6.45, 7) is 0.165. The summed E-state index contributed by atoms with van der Waals surface area (Å²) in [5.74, 6) is -2.13. The standard InChI is InChI=1S/C19H19FN2O7S/c1-28-15-3-5-16(6-4-15)30(26,27)21-10-8-13(9-11-21)19(23)29-18-12-14(20)2-7-17(18)22(24)25/h2-7,12-13H,8-11H2,1H3. The van der Waals surface area contributed by atoms with Gasteiger partial charge < -0.3 is 9.47 Å². The Kier molecular flexibility index (Phi) is 6.32. The van der Waals surface area contributed by atoms with Crippen LogP contribution in [0.15, 0.2) is 47.4 Å². The second-order valence-corrected chi connectivity index (χ2v) is 8.58. The highest BCUT2D eigenvalue weighted by molar-refractivity contribution is 7.89. The Morgan fingerprint density at radius 3 is 2.37 bits per heavy atom. The molecule has 0 unspecified atom stereocenters. The van der Waals surface area contributed by atoms with Gasteiger partial charge in [-0.2, -0.15) is 4.31 Å². The molecule has 0 bridgehead atoms. The maximum absolute atomic E-state index is 13.4. The van der Waals surface area contributed by atoms with E-state index in [2.05, 4.69) is 0 Å². The summed E-state index contributed by atoms with van der Waals surface area (Å²) < 4.78 is 50.3. The lowest BCUT2D eigenvalue weighted by Gasteiger charge is -2.30. The minimum atomic E-state index is -3.73. The van der Waals surface area contributed by atoms with Crippen molar-refractivity contribution in [1.82, 2.24) is 4.31 Å². The van der Waals surface area contributed by atoms with E-state index >= 15 is 0 Å². The van der Waals surface area contributed by atoms with Gasteiger partial charge in [0.15, 0.2) is 0 Å². The van der Waals surface area contributed by atoms with Gasteiger partial charge in [-0.05, 0) is 43.2 Å². The molecular weight excluding hydrogens is 419 g/mol. The van der Waals surface area contributed by atoms with Gasteiger partial charge in [-0.3, -0.25) is 14.9 Å². The Morgan fingerprint density at radius 1 is 1.17 bits per heavy atom. The fourth-order valence-corrected chi connectivity index (χ4v) is 4.61. The van der Waals surface area contributed by atoms with Crippen molar-refractivity contribution in [3.63, 3.8) is 0 Å². The average Bonchev–Trinajstić information content (AvgIpc) is 2.73. The number of halogens is 1.